The van der Waals surface area contributed by atoms with Crippen molar-refractivity contribution in [3.8, 4) is 0 Å². The summed E-state index contributed by atoms with van der Waals surface area (Å²) >= 11 is 0. The SMILES string of the molecule is CCN(C)S(=O)(=O)c1ccccc1[N+](=O)[O-]. The van der Waals surface area contributed by atoms with Crippen molar-refractivity contribution in [1.29, 1.82) is 0 Å². The van der Waals surface area contributed by atoms with E-state index in [4.69, 9.17) is 0 Å². The lowest BCUT2D eigenvalue weighted by molar-refractivity contribution is -0.387. The first-order valence-corrected chi connectivity index (χ1v) is 6.05. The largest absolute Gasteiger partial charge is 0.289 e. The number of para-hydroxylation sites is 1. The fourth-order valence-electron chi connectivity index (χ4n) is 1.16. The van der Waals surface area contributed by atoms with E-state index in [9.17, 15) is 18.5 Å². The molecule has 16 heavy (non-hydrogen) atoms. The van der Waals surface area contributed by atoms with Gasteiger partial charge in [0.1, 0.15) is 0 Å². The second kappa shape index (κ2) is 4.58. The fraction of sp³-hybridized carbons (Fsp3) is 0.333. The third-order valence-electron chi connectivity index (χ3n) is 2.20. The molecule has 0 fully saturated rings. The van der Waals surface area contributed by atoms with Crippen LogP contribution in [0.4, 0.5) is 5.69 Å². The standard InChI is InChI=1S/C9H12N2O4S/c1-3-10(2)16(14,15)9-7-5-4-6-8(9)11(12)13/h4-7H,3H2,1-2H3. The van der Waals surface area contributed by atoms with Gasteiger partial charge in [-0.1, -0.05) is 19.1 Å². The lowest BCUT2D eigenvalue weighted by atomic mass is 10.3. The van der Waals surface area contributed by atoms with E-state index in [-0.39, 0.29) is 11.4 Å². The average molecular weight is 244 g/mol. The minimum Gasteiger partial charge on any atom is -0.258 e. The number of sulfonamides is 1. The molecule has 0 saturated carbocycles. The number of hydrogen-bond acceptors (Lipinski definition) is 4. The van der Waals surface area contributed by atoms with Gasteiger partial charge in [-0.05, 0) is 6.07 Å². The molecule has 0 aliphatic heterocycles. The summed E-state index contributed by atoms with van der Waals surface area (Å²) in [6.07, 6.45) is 0. The molecule has 6 nitrogen and oxygen atoms in total. The van der Waals surface area contributed by atoms with Gasteiger partial charge in [-0.2, -0.15) is 0 Å². The molecule has 1 aromatic rings. The van der Waals surface area contributed by atoms with E-state index in [1.165, 1.54) is 31.3 Å². The maximum atomic E-state index is 11.9. The van der Waals surface area contributed by atoms with Gasteiger partial charge in [-0.15, -0.1) is 0 Å². The lowest BCUT2D eigenvalue weighted by Gasteiger charge is -2.14. The quantitative estimate of drug-likeness (QED) is 0.589. The maximum absolute atomic E-state index is 11.9. The highest BCUT2D eigenvalue weighted by Crippen LogP contribution is 2.25. The zero-order chi connectivity index (χ0) is 12.3. The second-order valence-electron chi connectivity index (χ2n) is 3.14. The third-order valence-corrected chi connectivity index (χ3v) is 4.18. The van der Waals surface area contributed by atoms with Gasteiger partial charge in [0.05, 0.1) is 4.92 Å². The third kappa shape index (κ3) is 2.20. The first-order valence-electron chi connectivity index (χ1n) is 4.61. The molecule has 0 bridgehead atoms. The summed E-state index contributed by atoms with van der Waals surface area (Å²) in [5.74, 6) is 0. The van der Waals surface area contributed by atoms with E-state index < -0.39 is 20.6 Å². The maximum Gasteiger partial charge on any atom is 0.289 e. The molecule has 0 radical (unpaired) electrons. The van der Waals surface area contributed by atoms with Crippen LogP contribution in [0.2, 0.25) is 0 Å². The van der Waals surface area contributed by atoms with Crippen LogP contribution in [0.3, 0.4) is 0 Å². The normalized spacial score (nSPS) is 11.7. The van der Waals surface area contributed by atoms with Crippen molar-refractivity contribution >= 4 is 15.7 Å². The number of benzene rings is 1. The summed E-state index contributed by atoms with van der Waals surface area (Å²) in [6, 6.07) is 5.31. The van der Waals surface area contributed by atoms with Crippen LogP contribution in [0.5, 0.6) is 0 Å². The Bertz CT molecular complexity index is 498. The lowest BCUT2D eigenvalue weighted by Crippen LogP contribution is -2.27. The first-order chi connectivity index (χ1) is 7.41. The van der Waals surface area contributed by atoms with Crippen molar-refractivity contribution in [2.24, 2.45) is 0 Å². The molecule has 0 aromatic heterocycles. The van der Waals surface area contributed by atoms with Crippen LogP contribution in [0.1, 0.15) is 6.92 Å². The van der Waals surface area contributed by atoms with Gasteiger partial charge in [0.25, 0.3) is 5.69 Å². The minimum absolute atomic E-state index is 0.258. The van der Waals surface area contributed by atoms with Crippen LogP contribution in [-0.2, 0) is 10.0 Å². The van der Waals surface area contributed by atoms with E-state index in [1.807, 2.05) is 0 Å². The van der Waals surface area contributed by atoms with Crippen LogP contribution in [0.15, 0.2) is 29.2 Å². The Morgan fingerprint density at radius 1 is 1.38 bits per heavy atom. The van der Waals surface area contributed by atoms with Crippen LogP contribution < -0.4 is 0 Å². The van der Waals surface area contributed by atoms with Gasteiger partial charge in [0.2, 0.25) is 10.0 Å². The highest BCUT2D eigenvalue weighted by atomic mass is 32.2. The van der Waals surface area contributed by atoms with Gasteiger partial charge in [-0.3, -0.25) is 10.1 Å². The molecule has 88 valence electrons. The molecule has 1 rings (SSSR count). The molecule has 0 aliphatic rings. The summed E-state index contributed by atoms with van der Waals surface area (Å²) in [4.78, 5) is 9.73. The van der Waals surface area contributed by atoms with E-state index in [0.717, 1.165) is 4.31 Å². The predicted molar refractivity (Wildman–Crippen MR) is 58.6 cm³/mol. The van der Waals surface area contributed by atoms with E-state index in [2.05, 4.69) is 0 Å². The monoisotopic (exact) mass is 244 g/mol. The van der Waals surface area contributed by atoms with Crippen molar-refractivity contribution in [1.82, 2.24) is 4.31 Å². The Balaban J connectivity index is 3.39. The molecule has 7 heteroatoms. The Morgan fingerprint density at radius 3 is 2.44 bits per heavy atom. The summed E-state index contributed by atoms with van der Waals surface area (Å²) in [5.41, 5.74) is -0.400. The van der Waals surface area contributed by atoms with Crippen molar-refractivity contribution < 1.29 is 13.3 Å². The Kier molecular flexibility index (Phi) is 3.61. The molecule has 0 N–H and O–H groups in total. The van der Waals surface area contributed by atoms with E-state index >= 15 is 0 Å². The molecule has 0 atom stereocenters. The van der Waals surface area contributed by atoms with Crippen LogP contribution in [0.25, 0.3) is 0 Å². The van der Waals surface area contributed by atoms with Crippen LogP contribution in [0, 0.1) is 10.1 Å². The summed E-state index contributed by atoms with van der Waals surface area (Å²) < 4.78 is 24.9. The van der Waals surface area contributed by atoms with Gasteiger partial charge in [0, 0.05) is 19.7 Å². The molecule has 0 unspecified atom stereocenters. The van der Waals surface area contributed by atoms with Gasteiger partial charge < -0.3 is 0 Å². The number of hydrogen-bond donors (Lipinski definition) is 0. The van der Waals surface area contributed by atoms with Crippen molar-refractivity contribution in [3.63, 3.8) is 0 Å². The first kappa shape index (κ1) is 12.6. The summed E-state index contributed by atoms with van der Waals surface area (Å²) in [7, 11) is -2.39. The minimum atomic E-state index is -3.77. The Labute approximate surface area is 93.7 Å². The fourth-order valence-corrected chi connectivity index (χ4v) is 2.50. The molecule has 0 saturated heterocycles. The molecular formula is C9H12N2O4S. The molecule has 1 aromatic carbocycles. The molecule has 0 spiro atoms. The van der Waals surface area contributed by atoms with Gasteiger partial charge in [0.15, 0.2) is 4.90 Å². The topological polar surface area (TPSA) is 80.5 Å². The Hall–Kier alpha value is -1.47. The number of nitro groups is 1. The highest BCUT2D eigenvalue weighted by Gasteiger charge is 2.27. The van der Waals surface area contributed by atoms with Crippen LogP contribution >= 0.6 is 0 Å². The zero-order valence-corrected chi connectivity index (χ0v) is 9.77. The Morgan fingerprint density at radius 2 is 1.94 bits per heavy atom. The van der Waals surface area contributed by atoms with Crippen LogP contribution in [-0.4, -0.2) is 31.2 Å². The molecule has 0 amide bonds. The number of rotatable bonds is 4. The summed E-state index contributed by atoms with van der Waals surface area (Å²) in [5, 5.41) is 10.7. The average Bonchev–Trinajstić information content (AvgIpc) is 2.27. The van der Waals surface area contributed by atoms with Crippen molar-refractivity contribution in [2.45, 2.75) is 11.8 Å². The van der Waals surface area contributed by atoms with Gasteiger partial charge >= 0.3 is 0 Å². The highest BCUT2D eigenvalue weighted by molar-refractivity contribution is 7.89. The summed E-state index contributed by atoms with van der Waals surface area (Å²) in [6.45, 7) is 1.92. The molecular weight excluding hydrogens is 232 g/mol. The van der Waals surface area contributed by atoms with Crippen molar-refractivity contribution in [2.75, 3.05) is 13.6 Å². The van der Waals surface area contributed by atoms with Gasteiger partial charge in [-0.25, -0.2) is 12.7 Å². The number of nitrogens with zero attached hydrogens (tertiary/aromatic N) is 2. The van der Waals surface area contributed by atoms with E-state index in [0.29, 0.717) is 0 Å². The predicted octanol–water partition coefficient (Wildman–Crippen LogP) is 1.24. The zero-order valence-electron chi connectivity index (χ0n) is 8.95. The molecule has 0 heterocycles. The van der Waals surface area contributed by atoms with Crippen molar-refractivity contribution in [3.05, 3.63) is 34.4 Å². The smallest absolute Gasteiger partial charge is 0.258 e. The number of nitro benzene ring substituents is 1. The van der Waals surface area contributed by atoms with E-state index in [1.54, 1.807) is 6.92 Å². The second-order valence-corrected chi connectivity index (χ2v) is 5.16. The molecule has 0 aliphatic carbocycles.